The summed E-state index contributed by atoms with van der Waals surface area (Å²) < 4.78 is 4.99. The fourth-order valence-corrected chi connectivity index (χ4v) is 3.77. The predicted octanol–water partition coefficient (Wildman–Crippen LogP) is 1.75. The molecule has 0 unspecified atom stereocenters. The third kappa shape index (κ3) is 2.40. The molecule has 0 aliphatic carbocycles. The molecule has 1 heterocycles. The van der Waals surface area contributed by atoms with Crippen LogP contribution >= 0.6 is 11.8 Å². The predicted molar refractivity (Wildman–Crippen MR) is 71.8 cm³/mol. The van der Waals surface area contributed by atoms with E-state index in [0.29, 0.717) is 11.8 Å². The van der Waals surface area contributed by atoms with E-state index in [2.05, 4.69) is 0 Å². The van der Waals surface area contributed by atoms with Gasteiger partial charge in [-0.1, -0.05) is 18.2 Å². The smallest absolute Gasteiger partial charge is 0.320 e. The Morgan fingerprint density at radius 3 is 2.84 bits per heavy atom. The molecule has 3 atom stereocenters. The molecule has 1 aromatic rings. The summed E-state index contributed by atoms with van der Waals surface area (Å²) in [5, 5.41) is 9.92. The molecule has 1 aliphatic heterocycles. The zero-order chi connectivity index (χ0) is 14.0. The van der Waals surface area contributed by atoms with Crippen molar-refractivity contribution in [2.24, 2.45) is 5.92 Å². The summed E-state index contributed by atoms with van der Waals surface area (Å²) in [6, 6.07) is 7.26. The van der Waals surface area contributed by atoms with Crippen molar-refractivity contribution in [1.82, 2.24) is 0 Å². The Labute approximate surface area is 116 Å². The van der Waals surface area contributed by atoms with E-state index >= 15 is 0 Å². The minimum Gasteiger partial charge on any atom is -0.465 e. The van der Waals surface area contributed by atoms with Gasteiger partial charge >= 0.3 is 5.97 Å². The van der Waals surface area contributed by atoms with Gasteiger partial charge < -0.3 is 14.6 Å². The van der Waals surface area contributed by atoms with Crippen molar-refractivity contribution in [3.8, 4) is 0 Å². The normalized spacial score (nSPS) is 29.4. The van der Waals surface area contributed by atoms with Gasteiger partial charge in [-0.25, -0.2) is 0 Å². The average Bonchev–Trinajstić information content (AvgIpc) is 2.38. The molecule has 0 spiro atoms. The third-order valence-corrected chi connectivity index (χ3v) is 4.68. The molecule has 19 heavy (non-hydrogen) atoms. The number of carbonyl (C=O) groups is 2. The highest BCUT2D eigenvalue weighted by Crippen LogP contribution is 2.47. The lowest BCUT2D eigenvalue weighted by molar-refractivity contribution is -0.148. The highest BCUT2D eigenvalue weighted by Gasteiger charge is 2.48. The van der Waals surface area contributed by atoms with Crippen LogP contribution in [-0.2, 0) is 19.9 Å². The molecule has 1 aliphatic rings. The largest absolute Gasteiger partial charge is 0.465 e. The summed E-state index contributed by atoms with van der Waals surface area (Å²) in [4.78, 5) is 24.1. The first kappa shape index (κ1) is 14.1. The van der Waals surface area contributed by atoms with Gasteiger partial charge in [0.1, 0.15) is 11.5 Å². The lowest BCUT2D eigenvalue weighted by Crippen LogP contribution is -2.46. The fourth-order valence-electron chi connectivity index (χ4n) is 2.29. The molecule has 0 amide bonds. The lowest BCUT2D eigenvalue weighted by Gasteiger charge is -2.39. The first-order valence-corrected chi connectivity index (χ1v) is 7.00. The van der Waals surface area contributed by atoms with Gasteiger partial charge in [0.25, 0.3) is 0 Å². The number of ether oxygens (including phenoxy) is 1. The number of aliphatic hydroxyl groups is 1. The Balaban J connectivity index is 2.45. The van der Waals surface area contributed by atoms with E-state index in [1.54, 1.807) is 26.0 Å². The van der Waals surface area contributed by atoms with Crippen LogP contribution in [0.1, 0.15) is 19.4 Å². The molecule has 4 nitrogen and oxygen atoms in total. The van der Waals surface area contributed by atoms with Gasteiger partial charge in [0.15, 0.2) is 0 Å². The Kier molecular flexibility index (Phi) is 3.96. The minimum atomic E-state index is -1.36. The molecule has 0 saturated heterocycles. The summed E-state index contributed by atoms with van der Waals surface area (Å²) in [6.45, 7) is 3.54. The van der Waals surface area contributed by atoms with E-state index in [-0.39, 0.29) is 6.61 Å². The van der Waals surface area contributed by atoms with Gasteiger partial charge in [0.05, 0.1) is 18.1 Å². The quantitative estimate of drug-likeness (QED) is 0.675. The van der Waals surface area contributed by atoms with Crippen LogP contribution in [0.3, 0.4) is 0 Å². The highest BCUT2D eigenvalue weighted by molar-refractivity contribution is 8.00. The van der Waals surface area contributed by atoms with Gasteiger partial charge in [-0.15, -0.1) is 11.8 Å². The van der Waals surface area contributed by atoms with Crippen LogP contribution in [0.2, 0.25) is 0 Å². The summed E-state index contributed by atoms with van der Waals surface area (Å²) in [5.41, 5.74) is -0.682. The molecule has 0 radical (unpaired) electrons. The van der Waals surface area contributed by atoms with E-state index in [9.17, 15) is 14.7 Å². The number of aldehydes is 1. The zero-order valence-electron chi connectivity index (χ0n) is 10.8. The van der Waals surface area contributed by atoms with Crippen LogP contribution in [0.25, 0.3) is 0 Å². The standard InChI is InChI=1S/C14H16O4S/c1-3-18-13(16)12-10(8-15)14(2,17)9-6-4-5-7-11(9)19-12/h4-8,10,12,17H,3H2,1-2H3/t10-,12+,14-/m1/s1. The number of rotatable bonds is 3. The summed E-state index contributed by atoms with van der Waals surface area (Å²) >= 11 is 1.27. The molecule has 0 aromatic heterocycles. The molecular weight excluding hydrogens is 264 g/mol. The fraction of sp³-hybridized carbons (Fsp3) is 0.429. The molecule has 1 aromatic carbocycles. The van der Waals surface area contributed by atoms with Crippen molar-refractivity contribution in [3.63, 3.8) is 0 Å². The number of hydrogen-bond acceptors (Lipinski definition) is 5. The van der Waals surface area contributed by atoms with Crippen molar-refractivity contribution in [2.75, 3.05) is 6.61 Å². The summed E-state index contributed by atoms with van der Waals surface area (Å²) in [5.74, 6) is -1.27. The van der Waals surface area contributed by atoms with E-state index in [1.807, 2.05) is 12.1 Å². The van der Waals surface area contributed by atoms with Gasteiger partial charge in [-0.2, -0.15) is 0 Å². The van der Waals surface area contributed by atoms with Crippen molar-refractivity contribution in [3.05, 3.63) is 29.8 Å². The van der Waals surface area contributed by atoms with Gasteiger partial charge in [-0.3, -0.25) is 4.79 Å². The Bertz CT molecular complexity index is 498. The number of esters is 1. The average molecular weight is 280 g/mol. The summed E-state index contributed by atoms with van der Waals surface area (Å²) in [7, 11) is 0. The van der Waals surface area contributed by atoms with E-state index in [0.717, 1.165) is 4.90 Å². The molecule has 102 valence electrons. The number of benzene rings is 1. The third-order valence-electron chi connectivity index (χ3n) is 3.33. The topological polar surface area (TPSA) is 63.6 Å². The van der Waals surface area contributed by atoms with E-state index in [1.165, 1.54) is 11.8 Å². The second-order valence-corrected chi connectivity index (χ2v) is 5.78. The zero-order valence-corrected chi connectivity index (χ0v) is 11.6. The van der Waals surface area contributed by atoms with Crippen LogP contribution in [0.4, 0.5) is 0 Å². The maximum Gasteiger partial charge on any atom is 0.320 e. The van der Waals surface area contributed by atoms with E-state index in [4.69, 9.17) is 4.74 Å². The molecule has 0 bridgehead atoms. The molecule has 2 rings (SSSR count). The Hall–Kier alpha value is -1.33. The second kappa shape index (κ2) is 5.35. The van der Waals surface area contributed by atoms with Crippen molar-refractivity contribution >= 4 is 24.0 Å². The van der Waals surface area contributed by atoms with Crippen LogP contribution in [0, 0.1) is 5.92 Å². The van der Waals surface area contributed by atoms with E-state index < -0.39 is 22.7 Å². The highest BCUT2D eigenvalue weighted by atomic mass is 32.2. The minimum absolute atomic E-state index is 0.255. The first-order chi connectivity index (χ1) is 9.02. The molecular formula is C14H16O4S. The molecule has 0 saturated carbocycles. The van der Waals surface area contributed by atoms with Crippen LogP contribution in [-0.4, -0.2) is 29.2 Å². The molecule has 1 N–H and O–H groups in total. The molecule has 5 heteroatoms. The second-order valence-electron chi connectivity index (χ2n) is 4.60. The number of carbonyl (C=O) groups excluding carboxylic acids is 2. The van der Waals surface area contributed by atoms with Crippen LogP contribution in [0.15, 0.2) is 29.2 Å². The SMILES string of the molecule is CCOC(=O)[C@H]1Sc2ccccc2[C@@](C)(O)[C@@H]1C=O. The number of thioether (sulfide) groups is 1. The lowest BCUT2D eigenvalue weighted by atomic mass is 9.81. The van der Waals surface area contributed by atoms with Gasteiger partial charge in [-0.05, 0) is 25.5 Å². The Morgan fingerprint density at radius 1 is 1.53 bits per heavy atom. The van der Waals surface area contributed by atoms with Crippen molar-refractivity contribution < 1.29 is 19.4 Å². The van der Waals surface area contributed by atoms with Crippen LogP contribution in [0.5, 0.6) is 0 Å². The maximum atomic E-state index is 12.0. The number of fused-ring (bicyclic) bond motifs is 1. The van der Waals surface area contributed by atoms with Gasteiger partial charge in [0.2, 0.25) is 0 Å². The Morgan fingerprint density at radius 2 is 2.21 bits per heavy atom. The number of hydrogen-bond donors (Lipinski definition) is 1. The molecule has 0 fully saturated rings. The van der Waals surface area contributed by atoms with Crippen molar-refractivity contribution in [1.29, 1.82) is 0 Å². The van der Waals surface area contributed by atoms with Crippen molar-refractivity contribution in [2.45, 2.75) is 29.6 Å². The maximum absolute atomic E-state index is 12.0. The monoisotopic (exact) mass is 280 g/mol. The first-order valence-electron chi connectivity index (χ1n) is 6.12. The summed E-state index contributed by atoms with van der Waals surface area (Å²) in [6.07, 6.45) is 0.643. The van der Waals surface area contributed by atoms with Crippen LogP contribution < -0.4 is 0 Å². The van der Waals surface area contributed by atoms with Gasteiger partial charge in [0, 0.05) is 4.90 Å².